The minimum Gasteiger partial charge on any atom is -0.481 e. The van der Waals surface area contributed by atoms with Gasteiger partial charge in [-0.2, -0.15) is 0 Å². The number of hydrogen-bond donors (Lipinski definition) is 4. The van der Waals surface area contributed by atoms with Crippen LogP contribution in [0.5, 0.6) is 0 Å². The molecule has 2 amide bonds. The number of hydrogen-bond acceptors (Lipinski definition) is 4. The Balaban J connectivity index is 4.58. The maximum absolute atomic E-state index is 11.6. The third-order valence-electron chi connectivity index (χ3n) is 1.98. The van der Waals surface area contributed by atoms with Crippen LogP contribution in [0.25, 0.3) is 0 Å². The van der Waals surface area contributed by atoms with Crippen molar-refractivity contribution in [3.05, 3.63) is 12.7 Å². The number of aliphatic hydroxyl groups excluding tert-OH is 1. The van der Waals surface area contributed by atoms with Crippen LogP contribution in [0.1, 0.15) is 6.42 Å². The van der Waals surface area contributed by atoms with E-state index in [9.17, 15) is 14.4 Å². The van der Waals surface area contributed by atoms with Crippen molar-refractivity contribution in [3.8, 4) is 0 Å². The first-order chi connectivity index (χ1) is 8.42. The number of nitrogens with one attached hydrogen (secondary N) is 1. The predicted molar refractivity (Wildman–Crippen MR) is 61.1 cm³/mol. The summed E-state index contributed by atoms with van der Waals surface area (Å²) in [6.07, 6.45) is 0.685. The molecule has 18 heavy (non-hydrogen) atoms. The number of aliphatic hydroxyl groups is 1. The van der Waals surface area contributed by atoms with Gasteiger partial charge in [0.25, 0.3) is 0 Å². The summed E-state index contributed by atoms with van der Waals surface area (Å²) in [6.45, 7) is 3.23. The van der Waals surface area contributed by atoms with E-state index in [1.807, 2.05) is 0 Å². The third kappa shape index (κ3) is 5.85. The average Bonchev–Trinajstić information content (AvgIpc) is 2.27. The van der Waals surface area contributed by atoms with Crippen LogP contribution in [-0.4, -0.2) is 63.9 Å². The number of carboxylic acids is 2. The number of aliphatic carboxylic acids is 2. The molecule has 0 saturated carbocycles. The summed E-state index contributed by atoms with van der Waals surface area (Å²) in [4.78, 5) is 33.9. The lowest BCUT2D eigenvalue weighted by Gasteiger charge is -2.22. The molecule has 0 heterocycles. The van der Waals surface area contributed by atoms with E-state index < -0.39 is 30.4 Å². The first-order valence-electron chi connectivity index (χ1n) is 5.14. The van der Waals surface area contributed by atoms with Crippen LogP contribution >= 0.6 is 0 Å². The zero-order valence-electron chi connectivity index (χ0n) is 9.70. The van der Waals surface area contributed by atoms with E-state index in [4.69, 9.17) is 15.3 Å². The molecular formula is C10H16N2O6. The van der Waals surface area contributed by atoms with E-state index >= 15 is 0 Å². The van der Waals surface area contributed by atoms with E-state index in [2.05, 4.69) is 11.9 Å². The van der Waals surface area contributed by atoms with E-state index in [0.29, 0.717) is 0 Å². The van der Waals surface area contributed by atoms with Gasteiger partial charge >= 0.3 is 18.0 Å². The zero-order valence-corrected chi connectivity index (χ0v) is 9.70. The minimum absolute atomic E-state index is 0.00271. The van der Waals surface area contributed by atoms with Gasteiger partial charge in [-0.25, -0.2) is 9.59 Å². The topological polar surface area (TPSA) is 127 Å². The van der Waals surface area contributed by atoms with Gasteiger partial charge in [0.15, 0.2) is 0 Å². The van der Waals surface area contributed by atoms with Crippen LogP contribution in [0, 0.1) is 0 Å². The first-order valence-corrected chi connectivity index (χ1v) is 5.14. The summed E-state index contributed by atoms with van der Waals surface area (Å²) in [7, 11) is 0. The smallest absolute Gasteiger partial charge is 0.326 e. The molecule has 0 aliphatic heterocycles. The van der Waals surface area contributed by atoms with Crippen molar-refractivity contribution in [1.82, 2.24) is 10.2 Å². The lowest BCUT2D eigenvalue weighted by molar-refractivity contribution is -0.145. The molecule has 0 aromatic carbocycles. The lowest BCUT2D eigenvalue weighted by atomic mass is 10.2. The van der Waals surface area contributed by atoms with Crippen molar-refractivity contribution in [2.24, 2.45) is 0 Å². The summed E-state index contributed by atoms with van der Waals surface area (Å²) >= 11 is 0. The second-order valence-corrected chi connectivity index (χ2v) is 3.40. The minimum atomic E-state index is -1.51. The Hall–Kier alpha value is -2.09. The Morgan fingerprint density at radius 1 is 1.33 bits per heavy atom. The van der Waals surface area contributed by atoms with Gasteiger partial charge in [-0.3, -0.25) is 4.79 Å². The number of carboxylic acid groups (broad SMARTS) is 2. The van der Waals surface area contributed by atoms with Gasteiger partial charge in [-0.05, 0) is 0 Å². The molecule has 0 fully saturated rings. The standard InChI is InChI=1S/C10H16N2O6/c1-2-3-12(4-5-13)10(18)11-7(9(16)17)6-8(14)15/h2,7,13H,1,3-6H2,(H,11,18)(H,14,15)(H,16,17)/t7-/m1/s1. The number of nitrogens with zero attached hydrogens (tertiary/aromatic N) is 1. The second-order valence-electron chi connectivity index (χ2n) is 3.40. The molecule has 4 N–H and O–H groups in total. The SMILES string of the molecule is C=CCN(CCO)C(=O)N[C@H](CC(=O)O)C(=O)O. The average molecular weight is 260 g/mol. The normalized spacial score (nSPS) is 11.4. The first kappa shape index (κ1) is 15.9. The third-order valence-corrected chi connectivity index (χ3v) is 1.98. The predicted octanol–water partition coefficient (Wildman–Crippen LogP) is -0.896. The van der Waals surface area contributed by atoms with Crippen LogP contribution in [0.4, 0.5) is 4.79 Å². The van der Waals surface area contributed by atoms with Crippen LogP contribution in [0.3, 0.4) is 0 Å². The highest BCUT2D eigenvalue weighted by molar-refractivity contribution is 5.86. The molecule has 0 aromatic heterocycles. The number of carbonyl (C=O) groups excluding carboxylic acids is 1. The van der Waals surface area contributed by atoms with Gasteiger partial charge in [0.05, 0.1) is 13.0 Å². The quantitative estimate of drug-likeness (QED) is 0.419. The molecule has 8 nitrogen and oxygen atoms in total. The summed E-state index contributed by atoms with van der Waals surface area (Å²) in [5, 5.41) is 28.1. The van der Waals surface area contributed by atoms with Crippen LogP contribution in [0.15, 0.2) is 12.7 Å². The summed E-state index contributed by atoms with van der Waals surface area (Å²) in [5.74, 6) is -2.77. The maximum Gasteiger partial charge on any atom is 0.326 e. The van der Waals surface area contributed by atoms with Gasteiger partial charge < -0.3 is 25.5 Å². The molecule has 0 spiro atoms. The van der Waals surface area contributed by atoms with Gasteiger partial charge in [-0.15, -0.1) is 6.58 Å². The number of rotatable bonds is 8. The monoisotopic (exact) mass is 260 g/mol. The fourth-order valence-corrected chi connectivity index (χ4v) is 1.17. The largest absolute Gasteiger partial charge is 0.481 e. The summed E-state index contributed by atoms with van der Waals surface area (Å²) < 4.78 is 0. The molecule has 0 saturated heterocycles. The van der Waals surface area contributed by atoms with Crippen molar-refractivity contribution in [2.75, 3.05) is 19.7 Å². The molecule has 8 heteroatoms. The molecule has 0 aliphatic carbocycles. The van der Waals surface area contributed by atoms with Crippen molar-refractivity contribution >= 4 is 18.0 Å². The Bertz CT molecular complexity index is 330. The molecule has 0 radical (unpaired) electrons. The Kier molecular flexibility index (Phi) is 7.13. The highest BCUT2D eigenvalue weighted by atomic mass is 16.4. The number of amides is 2. The fourth-order valence-electron chi connectivity index (χ4n) is 1.17. The highest BCUT2D eigenvalue weighted by Crippen LogP contribution is 1.97. The molecule has 1 atom stereocenters. The van der Waals surface area contributed by atoms with Gasteiger partial charge in [0, 0.05) is 13.1 Å². The molecule has 0 unspecified atom stereocenters. The van der Waals surface area contributed by atoms with Crippen molar-refractivity contribution < 1.29 is 29.7 Å². The van der Waals surface area contributed by atoms with Gasteiger partial charge in [0.2, 0.25) is 0 Å². The lowest BCUT2D eigenvalue weighted by Crippen LogP contribution is -2.49. The number of urea groups is 1. The van der Waals surface area contributed by atoms with E-state index in [1.54, 1.807) is 0 Å². The highest BCUT2D eigenvalue weighted by Gasteiger charge is 2.24. The Labute approximate surface area is 104 Å². The maximum atomic E-state index is 11.6. The van der Waals surface area contributed by atoms with Crippen molar-refractivity contribution in [3.63, 3.8) is 0 Å². The number of carbonyl (C=O) groups is 3. The van der Waals surface area contributed by atoms with Crippen molar-refractivity contribution in [2.45, 2.75) is 12.5 Å². The molecule has 0 aliphatic rings. The Morgan fingerprint density at radius 2 is 1.94 bits per heavy atom. The zero-order chi connectivity index (χ0) is 14.1. The van der Waals surface area contributed by atoms with Crippen molar-refractivity contribution in [1.29, 1.82) is 0 Å². The second kappa shape index (κ2) is 8.07. The van der Waals surface area contributed by atoms with Crippen LogP contribution in [-0.2, 0) is 9.59 Å². The molecule has 0 rings (SSSR count). The van der Waals surface area contributed by atoms with Gasteiger partial charge in [0.1, 0.15) is 6.04 Å². The van der Waals surface area contributed by atoms with Gasteiger partial charge in [-0.1, -0.05) is 6.08 Å². The van der Waals surface area contributed by atoms with Crippen LogP contribution < -0.4 is 5.32 Å². The molecule has 0 bridgehead atoms. The Morgan fingerprint density at radius 3 is 2.33 bits per heavy atom. The van der Waals surface area contributed by atoms with E-state index in [0.717, 1.165) is 4.90 Å². The molecule has 0 aromatic rings. The molecular weight excluding hydrogens is 244 g/mol. The summed E-state index contributed by atoms with van der Waals surface area (Å²) in [5.41, 5.74) is 0. The molecule has 102 valence electrons. The van der Waals surface area contributed by atoms with Crippen LogP contribution in [0.2, 0.25) is 0 Å². The van der Waals surface area contributed by atoms with E-state index in [-0.39, 0.29) is 19.7 Å². The van der Waals surface area contributed by atoms with E-state index in [1.165, 1.54) is 6.08 Å². The fraction of sp³-hybridized carbons (Fsp3) is 0.500. The summed E-state index contributed by atoms with van der Waals surface area (Å²) in [6, 6.07) is -2.28.